The number of hydrogen-bond donors (Lipinski definition) is 1. The van der Waals surface area contributed by atoms with Gasteiger partial charge in [-0.1, -0.05) is 19.1 Å². The number of nitrogens with zero attached hydrogens (tertiary/aromatic N) is 1. The van der Waals surface area contributed by atoms with Gasteiger partial charge in [-0.15, -0.1) is 11.3 Å². The van der Waals surface area contributed by atoms with Crippen molar-refractivity contribution in [2.24, 2.45) is 5.92 Å². The molecule has 0 fully saturated rings. The molecule has 0 aromatic carbocycles. The molecule has 112 valence electrons. The molecule has 6 heteroatoms. The smallest absolute Gasteiger partial charge is 0.291 e. The zero-order valence-electron chi connectivity index (χ0n) is 12.0. The van der Waals surface area contributed by atoms with E-state index in [9.17, 15) is 10.1 Å². The first-order valence-corrected chi connectivity index (χ1v) is 8.26. The highest BCUT2D eigenvalue weighted by Crippen LogP contribution is 2.36. The average Bonchev–Trinajstić information content (AvgIpc) is 3.02. The van der Waals surface area contributed by atoms with Crippen LogP contribution in [0, 0.1) is 21.1 Å². The molecule has 4 nitrogen and oxygen atoms in total. The van der Waals surface area contributed by atoms with Crippen molar-refractivity contribution in [3.05, 3.63) is 44.7 Å². The molecule has 1 atom stereocenters. The normalized spacial score (nSPS) is 16.6. The summed E-state index contributed by atoms with van der Waals surface area (Å²) in [5.41, 5.74) is 2.64. The fourth-order valence-corrected chi connectivity index (χ4v) is 4.11. The summed E-state index contributed by atoms with van der Waals surface area (Å²) in [7, 11) is 0. The van der Waals surface area contributed by atoms with Crippen molar-refractivity contribution in [2.75, 3.05) is 5.32 Å². The first-order valence-electron chi connectivity index (χ1n) is 7.04. The van der Waals surface area contributed by atoms with Gasteiger partial charge in [0.1, 0.15) is 11.1 Å². The van der Waals surface area contributed by atoms with Crippen molar-refractivity contribution < 1.29 is 9.21 Å². The van der Waals surface area contributed by atoms with E-state index in [1.165, 1.54) is 17.6 Å². The molecule has 0 spiro atoms. The molecule has 1 amide bonds. The number of fused-ring (bicyclic) bond motifs is 1. The minimum absolute atomic E-state index is 0.216. The Morgan fingerprint density at radius 3 is 3.05 bits per heavy atom. The van der Waals surface area contributed by atoms with Crippen LogP contribution in [0.2, 0.25) is 0 Å². The summed E-state index contributed by atoms with van der Waals surface area (Å²) in [6.45, 7) is 2.20. The molecule has 1 aliphatic rings. The summed E-state index contributed by atoms with van der Waals surface area (Å²) in [5.74, 6) is 0.432. The molecule has 22 heavy (non-hydrogen) atoms. The molecule has 0 saturated carbocycles. The largest absolute Gasteiger partial charge is 0.459 e. The Morgan fingerprint density at radius 1 is 1.55 bits per heavy atom. The Kier molecular flexibility index (Phi) is 4.10. The molecular weight excluding hydrogens is 316 g/mol. The lowest BCUT2D eigenvalue weighted by Crippen LogP contribution is -2.16. The molecule has 3 rings (SSSR count). The SMILES string of the molecule is CC1CCc2c(C#N)c(NC(=O)c3ccco3)sc(=S)c2C1. The minimum atomic E-state index is -0.365. The molecule has 0 bridgehead atoms. The molecule has 1 unspecified atom stereocenters. The van der Waals surface area contributed by atoms with Gasteiger partial charge in [0.05, 0.1) is 15.7 Å². The van der Waals surface area contributed by atoms with Gasteiger partial charge in [0.2, 0.25) is 0 Å². The van der Waals surface area contributed by atoms with Crippen LogP contribution in [-0.4, -0.2) is 5.91 Å². The summed E-state index contributed by atoms with van der Waals surface area (Å²) >= 11 is 6.76. The second-order valence-electron chi connectivity index (χ2n) is 5.44. The van der Waals surface area contributed by atoms with Gasteiger partial charge in [0.25, 0.3) is 5.91 Å². The van der Waals surface area contributed by atoms with Gasteiger partial charge >= 0.3 is 0 Å². The zero-order chi connectivity index (χ0) is 15.7. The number of hydrogen-bond acceptors (Lipinski definition) is 5. The molecule has 2 heterocycles. The van der Waals surface area contributed by atoms with Crippen LogP contribution in [0.25, 0.3) is 0 Å². The lowest BCUT2D eigenvalue weighted by molar-refractivity contribution is 0.0997. The van der Waals surface area contributed by atoms with Crippen LogP contribution in [0.1, 0.15) is 40.6 Å². The van der Waals surface area contributed by atoms with Gasteiger partial charge in [-0.3, -0.25) is 4.79 Å². The van der Waals surface area contributed by atoms with Crippen molar-refractivity contribution in [1.82, 2.24) is 0 Å². The van der Waals surface area contributed by atoms with Crippen LogP contribution in [0.3, 0.4) is 0 Å². The number of nitriles is 1. The number of carbonyl (C=O) groups is 1. The number of amides is 1. The first-order chi connectivity index (χ1) is 10.6. The van der Waals surface area contributed by atoms with E-state index in [1.807, 2.05) is 0 Å². The number of rotatable bonds is 2. The predicted molar refractivity (Wildman–Crippen MR) is 87.7 cm³/mol. The maximum Gasteiger partial charge on any atom is 0.291 e. The third-order valence-electron chi connectivity index (χ3n) is 3.86. The fourth-order valence-electron chi connectivity index (χ4n) is 2.72. The minimum Gasteiger partial charge on any atom is -0.459 e. The van der Waals surface area contributed by atoms with Crippen LogP contribution in [0.5, 0.6) is 0 Å². The third-order valence-corrected chi connectivity index (χ3v) is 5.30. The standard InChI is InChI=1S/C16H14N2O2S2/c1-9-4-5-10-11(7-9)16(21)22-15(12(10)8-17)18-14(19)13-3-2-6-20-13/h2-3,6,9H,4-5,7H2,1H3,(H,18,19). The summed E-state index contributed by atoms with van der Waals surface area (Å²) < 4.78 is 5.84. The molecule has 1 N–H and O–H groups in total. The van der Waals surface area contributed by atoms with Crippen LogP contribution < -0.4 is 5.32 Å². The highest BCUT2D eigenvalue weighted by atomic mass is 32.1. The second-order valence-corrected chi connectivity index (χ2v) is 7.13. The molecule has 2 aromatic heterocycles. The van der Waals surface area contributed by atoms with Crippen molar-refractivity contribution in [3.8, 4) is 6.07 Å². The summed E-state index contributed by atoms with van der Waals surface area (Å²) in [6, 6.07) is 5.47. The van der Waals surface area contributed by atoms with Crippen LogP contribution in [0.15, 0.2) is 22.8 Å². The van der Waals surface area contributed by atoms with E-state index in [0.717, 1.165) is 34.2 Å². The predicted octanol–water partition coefficient (Wildman–Crippen LogP) is 4.32. The van der Waals surface area contributed by atoms with Gasteiger partial charge < -0.3 is 9.73 Å². The highest BCUT2D eigenvalue weighted by molar-refractivity contribution is 7.73. The number of nitrogens with one attached hydrogen (secondary N) is 1. The first kappa shape index (κ1) is 14.9. The fraction of sp³-hybridized carbons (Fsp3) is 0.312. The van der Waals surface area contributed by atoms with E-state index in [-0.39, 0.29) is 11.7 Å². The van der Waals surface area contributed by atoms with Gasteiger partial charge in [-0.25, -0.2) is 0 Å². The molecule has 0 saturated heterocycles. The van der Waals surface area contributed by atoms with Gasteiger partial charge in [-0.2, -0.15) is 5.26 Å². The van der Waals surface area contributed by atoms with E-state index in [4.69, 9.17) is 16.6 Å². The molecule has 1 aliphatic carbocycles. The Labute approximate surface area is 137 Å². The average molecular weight is 330 g/mol. The Morgan fingerprint density at radius 2 is 2.36 bits per heavy atom. The Hall–Kier alpha value is -1.97. The maximum absolute atomic E-state index is 12.1. The van der Waals surface area contributed by atoms with Crippen molar-refractivity contribution in [2.45, 2.75) is 26.2 Å². The van der Waals surface area contributed by atoms with Gasteiger partial charge in [-0.05, 0) is 48.4 Å². The second kappa shape index (κ2) is 6.03. The molecule has 0 aliphatic heterocycles. The lowest BCUT2D eigenvalue weighted by Gasteiger charge is -2.23. The van der Waals surface area contributed by atoms with Crippen molar-refractivity contribution in [1.29, 1.82) is 5.26 Å². The lowest BCUT2D eigenvalue weighted by atomic mass is 9.85. The summed E-state index contributed by atoms with van der Waals surface area (Å²) in [4.78, 5) is 12.1. The van der Waals surface area contributed by atoms with Crippen LogP contribution >= 0.6 is 23.6 Å². The van der Waals surface area contributed by atoms with Crippen LogP contribution in [-0.2, 0) is 12.8 Å². The molecule has 2 aromatic rings. The summed E-state index contributed by atoms with van der Waals surface area (Å²) in [5, 5.41) is 12.8. The monoisotopic (exact) mass is 330 g/mol. The quantitative estimate of drug-likeness (QED) is 0.833. The highest BCUT2D eigenvalue weighted by Gasteiger charge is 2.23. The van der Waals surface area contributed by atoms with Crippen LogP contribution in [0.4, 0.5) is 5.00 Å². The topological polar surface area (TPSA) is 66.0 Å². The molecular formula is C16H14N2O2S2. The van der Waals surface area contributed by atoms with E-state index in [0.29, 0.717) is 16.5 Å². The summed E-state index contributed by atoms with van der Waals surface area (Å²) in [6.07, 6.45) is 4.22. The number of anilines is 1. The van der Waals surface area contributed by atoms with E-state index >= 15 is 0 Å². The zero-order valence-corrected chi connectivity index (χ0v) is 13.6. The number of carbonyl (C=O) groups excluding carboxylic acids is 1. The van der Waals surface area contributed by atoms with E-state index < -0.39 is 0 Å². The van der Waals surface area contributed by atoms with E-state index in [1.54, 1.807) is 12.1 Å². The Bertz CT molecular complexity index is 816. The van der Waals surface area contributed by atoms with Gasteiger partial charge in [0, 0.05) is 0 Å². The number of furan rings is 1. The van der Waals surface area contributed by atoms with Gasteiger partial charge in [0.15, 0.2) is 5.76 Å². The molecule has 0 radical (unpaired) electrons. The van der Waals surface area contributed by atoms with E-state index in [2.05, 4.69) is 18.3 Å². The Balaban J connectivity index is 2.02. The maximum atomic E-state index is 12.1. The third kappa shape index (κ3) is 2.70. The van der Waals surface area contributed by atoms with Crippen molar-refractivity contribution in [3.63, 3.8) is 0 Å². The van der Waals surface area contributed by atoms with Crippen molar-refractivity contribution >= 4 is 34.5 Å².